The first-order valence-corrected chi connectivity index (χ1v) is 13.1. The number of benzene rings is 2. The number of hydrogen-bond acceptors (Lipinski definition) is 8. The van der Waals surface area contributed by atoms with E-state index in [2.05, 4.69) is 0 Å². The highest BCUT2D eigenvalue weighted by atomic mass is 32.2. The van der Waals surface area contributed by atoms with Gasteiger partial charge >= 0.3 is 11.9 Å². The van der Waals surface area contributed by atoms with Crippen molar-refractivity contribution in [3.8, 4) is 5.75 Å². The van der Waals surface area contributed by atoms with Gasteiger partial charge in [-0.15, -0.1) is 0 Å². The number of aryl methyl sites for hydroxylation is 1. The lowest BCUT2D eigenvalue weighted by atomic mass is 9.91. The van der Waals surface area contributed by atoms with Crippen molar-refractivity contribution in [2.24, 2.45) is 5.92 Å². The fourth-order valence-electron chi connectivity index (χ4n) is 3.24. The normalized spacial score (nSPS) is 12.5. The van der Waals surface area contributed by atoms with Gasteiger partial charge in [0.1, 0.15) is 17.3 Å². The third kappa shape index (κ3) is 9.16. The van der Waals surface area contributed by atoms with Crippen molar-refractivity contribution in [2.75, 3.05) is 19.5 Å². The molecule has 2 aromatic carbocycles. The summed E-state index contributed by atoms with van der Waals surface area (Å²) in [5.74, 6) is -2.06. The van der Waals surface area contributed by atoms with Gasteiger partial charge < -0.3 is 14.2 Å². The molecule has 0 amide bonds. The van der Waals surface area contributed by atoms with Crippen LogP contribution in [-0.4, -0.2) is 51.2 Å². The molecule has 1 unspecified atom stereocenters. The van der Waals surface area contributed by atoms with Crippen LogP contribution in [0, 0.1) is 5.92 Å². The van der Waals surface area contributed by atoms with E-state index in [-0.39, 0.29) is 30.1 Å². The van der Waals surface area contributed by atoms with E-state index in [1.165, 1.54) is 24.3 Å². The molecule has 0 bridgehead atoms. The summed E-state index contributed by atoms with van der Waals surface area (Å²) in [5.41, 5.74) is 0.512. The lowest BCUT2D eigenvalue weighted by molar-refractivity contribution is -0.157. The molecule has 0 spiro atoms. The first-order valence-electron chi connectivity index (χ1n) is 11.2. The molecule has 0 aliphatic rings. The molecule has 2 rings (SSSR count). The zero-order chi connectivity index (χ0) is 26.2. The van der Waals surface area contributed by atoms with Gasteiger partial charge in [0.2, 0.25) is 0 Å². The van der Waals surface area contributed by atoms with E-state index >= 15 is 0 Å². The zero-order valence-electron chi connectivity index (χ0n) is 20.7. The summed E-state index contributed by atoms with van der Waals surface area (Å²) in [4.78, 5) is 37.4. The predicted molar refractivity (Wildman–Crippen MR) is 130 cm³/mol. The zero-order valence-corrected chi connectivity index (χ0v) is 21.5. The minimum atomic E-state index is -3.40. The maximum absolute atomic E-state index is 13.0. The first-order chi connectivity index (χ1) is 16.3. The van der Waals surface area contributed by atoms with Crippen molar-refractivity contribution in [3.63, 3.8) is 0 Å². The van der Waals surface area contributed by atoms with Gasteiger partial charge in [0.25, 0.3) is 0 Å². The predicted octanol–water partition coefficient (Wildman–Crippen LogP) is 3.81. The number of Topliss-reactive ketones (excluding diaryl/α,β-unsaturated/α-hetero) is 1. The Morgan fingerprint density at radius 3 is 2.06 bits per heavy atom. The Kier molecular flexibility index (Phi) is 9.59. The van der Waals surface area contributed by atoms with Crippen LogP contribution >= 0.6 is 0 Å². The van der Waals surface area contributed by atoms with E-state index < -0.39 is 39.1 Å². The molecule has 0 radical (unpaired) electrons. The average molecular weight is 505 g/mol. The van der Waals surface area contributed by atoms with Crippen molar-refractivity contribution in [3.05, 3.63) is 59.7 Å². The summed E-state index contributed by atoms with van der Waals surface area (Å²) in [6.07, 6.45) is 1.71. The molecule has 1 atom stereocenters. The number of carbonyl (C=O) groups is 3. The van der Waals surface area contributed by atoms with E-state index in [0.717, 1.165) is 11.8 Å². The van der Waals surface area contributed by atoms with Crippen LogP contribution < -0.4 is 4.74 Å². The van der Waals surface area contributed by atoms with E-state index in [9.17, 15) is 22.8 Å². The number of sulfone groups is 1. The topological polar surface area (TPSA) is 113 Å². The Bertz CT molecular complexity index is 1130. The molecule has 2 aromatic rings. The Balaban J connectivity index is 2.04. The molecular formula is C26H32O8S. The van der Waals surface area contributed by atoms with Crippen LogP contribution in [0.5, 0.6) is 5.75 Å². The maximum Gasteiger partial charge on any atom is 0.344 e. The van der Waals surface area contributed by atoms with Gasteiger partial charge in [0.15, 0.2) is 22.2 Å². The molecule has 0 N–H and O–H groups in total. The number of hydrogen-bond donors (Lipinski definition) is 0. The van der Waals surface area contributed by atoms with Gasteiger partial charge in [0.05, 0.1) is 11.5 Å². The SMILES string of the molecule is CCOC(=O)C(CCc1ccc(OCC(=O)OC(C)(C)C)cc1)C(=O)c1ccc(S(C)(=O)=O)cc1. The van der Waals surface area contributed by atoms with Crippen LogP contribution in [-0.2, 0) is 35.3 Å². The maximum atomic E-state index is 13.0. The second-order valence-electron chi connectivity index (χ2n) is 9.02. The number of carbonyl (C=O) groups excluding carboxylic acids is 3. The number of esters is 2. The highest BCUT2D eigenvalue weighted by Gasteiger charge is 2.29. The monoisotopic (exact) mass is 504 g/mol. The smallest absolute Gasteiger partial charge is 0.344 e. The van der Waals surface area contributed by atoms with Crippen LogP contribution in [0.15, 0.2) is 53.4 Å². The molecular weight excluding hydrogens is 472 g/mol. The van der Waals surface area contributed by atoms with Crippen LogP contribution in [0.2, 0.25) is 0 Å². The number of ketones is 1. The lowest BCUT2D eigenvalue weighted by Crippen LogP contribution is -2.27. The largest absolute Gasteiger partial charge is 0.482 e. The summed E-state index contributed by atoms with van der Waals surface area (Å²) < 4.78 is 39.1. The Hall–Kier alpha value is -3.20. The Morgan fingerprint density at radius 2 is 1.54 bits per heavy atom. The highest BCUT2D eigenvalue weighted by Crippen LogP contribution is 2.21. The van der Waals surface area contributed by atoms with E-state index in [1.54, 1.807) is 52.0 Å². The average Bonchev–Trinajstić information content (AvgIpc) is 2.77. The second kappa shape index (κ2) is 12.0. The lowest BCUT2D eigenvalue weighted by Gasteiger charge is -2.19. The van der Waals surface area contributed by atoms with Crippen LogP contribution in [0.25, 0.3) is 0 Å². The highest BCUT2D eigenvalue weighted by molar-refractivity contribution is 7.90. The third-order valence-corrected chi connectivity index (χ3v) is 6.00. The van der Waals surface area contributed by atoms with E-state index in [1.807, 2.05) is 0 Å². The minimum absolute atomic E-state index is 0.0933. The molecule has 190 valence electrons. The second-order valence-corrected chi connectivity index (χ2v) is 11.0. The summed E-state index contributed by atoms with van der Waals surface area (Å²) in [6.45, 7) is 6.92. The van der Waals surface area contributed by atoms with Crippen LogP contribution in [0.1, 0.15) is 50.0 Å². The quantitative estimate of drug-likeness (QED) is 0.258. The van der Waals surface area contributed by atoms with Gasteiger partial charge in [-0.05, 0) is 70.4 Å². The molecule has 0 saturated heterocycles. The first kappa shape index (κ1) is 28.0. The molecule has 8 nitrogen and oxygen atoms in total. The molecule has 35 heavy (non-hydrogen) atoms. The van der Waals surface area contributed by atoms with Gasteiger partial charge in [-0.1, -0.05) is 24.3 Å². The van der Waals surface area contributed by atoms with Gasteiger partial charge in [0, 0.05) is 11.8 Å². The van der Waals surface area contributed by atoms with Crippen molar-refractivity contribution in [2.45, 2.75) is 51.0 Å². The number of rotatable bonds is 11. The summed E-state index contributed by atoms with van der Waals surface area (Å²) in [6, 6.07) is 12.5. The van der Waals surface area contributed by atoms with Gasteiger partial charge in [-0.25, -0.2) is 13.2 Å². The molecule has 0 aromatic heterocycles. The molecule has 0 aliphatic carbocycles. The van der Waals surface area contributed by atoms with Crippen molar-refractivity contribution in [1.82, 2.24) is 0 Å². The molecule has 0 fully saturated rings. The standard InChI is InChI=1S/C26H32O8S/c1-6-32-25(29)22(24(28)19-10-14-21(15-11-19)35(5,30)31)16-9-18-7-12-20(13-8-18)33-17-23(27)34-26(2,3)4/h7-8,10-15,22H,6,9,16-17H2,1-5H3. The molecule has 9 heteroatoms. The number of ether oxygens (including phenoxy) is 3. The molecule has 0 saturated carbocycles. The minimum Gasteiger partial charge on any atom is -0.482 e. The fourth-order valence-corrected chi connectivity index (χ4v) is 3.87. The summed E-state index contributed by atoms with van der Waals surface area (Å²) in [7, 11) is -3.40. The van der Waals surface area contributed by atoms with E-state index in [0.29, 0.717) is 12.2 Å². The third-order valence-electron chi connectivity index (χ3n) is 4.88. The Labute approximate surface area is 206 Å². The fraction of sp³-hybridized carbons (Fsp3) is 0.423. The molecule has 0 aliphatic heterocycles. The van der Waals surface area contributed by atoms with Crippen molar-refractivity contribution >= 4 is 27.6 Å². The van der Waals surface area contributed by atoms with Crippen molar-refractivity contribution < 1.29 is 37.0 Å². The van der Waals surface area contributed by atoms with Gasteiger partial charge in [-0.3, -0.25) is 9.59 Å². The van der Waals surface area contributed by atoms with Crippen LogP contribution in [0.3, 0.4) is 0 Å². The molecule has 0 heterocycles. The van der Waals surface area contributed by atoms with Crippen LogP contribution in [0.4, 0.5) is 0 Å². The van der Waals surface area contributed by atoms with E-state index in [4.69, 9.17) is 14.2 Å². The van der Waals surface area contributed by atoms with Crippen molar-refractivity contribution in [1.29, 1.82) is 0 Å². The van der Waals surface area contributed by atoms with Gasteiger partial charge in [-0.2, -0.15) is 0 Å². The summed E-state index contributed by atoms with van der Waals surface area (Å²) >= 11 is 0. The Morgan fingerprint density at radius 1 is 0.943 bits per heavy atom. The summed E-state index contributed by atoms with van der Waals surface area (Å²) in [5, 5.41) is 0.